The smallest absolute Gasteiger partial charge is 0.123 e. The first-order valence-electron chi connectivity index (χ1n) is 4.52. The molecule has 0 unspecified atom stereocenters. The van der Waals surface area contributed by atoms with Gasteiger partial charge in [0, 0.05) is 16.3 Å². The largest absolute Gasteiger partial charge is 0.303 e. The van der Waals surface area contributed by atoms with Crippen molar-refractivity contribution >= 4 is 22.2 Å². The van der Waals surface area contributed by atoms with Crippen molar-refractivity contribution in [2.45, 2.75) is 12.8 Å². The Kier molecular flexibility index (Phi) is 4.08. The average Bonchev–Trinajstić information content (AvgIpc) is 2.21. The zero-order valence-electron chi connectivity index (χ0n) is 8.11. The lowest BCUT2D eigenvalue weighted by Crippen LogP contribution is -2.08. The summed E-state index contributed by atoms with van der Waals surface area (Å²) in [5.41, 5.74) is 1.13. The van der Waals surface area contributed by atoms with Gasteiger partial charge in [0.1, 0.15) is 6.29 Å². The molecule has 0 aliphatic carbocycles. The van der Waals surface area contributed by atoms with E-state index in [1.807, 2.05) is 37.3 Å². The molecule has 0 aliphatic rings. The topological polar surface area (TPSA) is 17.1 Å². The van der Waals surface area contributed by atoms with Gasteiger partial charge in [-0.05, 0) is 17.7 Å². The van der Waals surface area contributed by atoms with Crippen LogP contribution in [0.15, 0.2) is 41.4 Å². The van der Waals surface area contributed by atoms with Gasteiger partial charge < -0.3 is 4.79 Å². The van der Waals surface area contributed by atoms with Crippen LogP contribution >= 0.6 is 15.9 Å². The van der Waals surface area contributed by atoms with Crippen LogP contribution in [0.25, 0.3) is 0 Å². The van der Waals surface area contributed by atoms with Crippen LogP contribution in [0, 0.1) is 5.92 Å². The molecule has 0 spiro atoms. The van der Waals surface area contributed by atoms with Crippen LogP contribution in [0.5, 0.6) is 0 Å². The van der Waals surface area contributed by atoms with Gasteiger partial charge in [-0.15, -0.1) is 6.58 Å². The number of hydrogen-bond acceptors (Lipinski definition) is 1. The number of carbonyl (C=O) groups is 1. The maximum Gasteiger partial charge on any atom is 0.123 e. The maximum absolute atomic E-state index is 10.7. The molecule has 0 saturated carbocycles. The fraction of sp³-hybridized carbons (Fsp3) is 0.250. The quantitative estimate of drug-likeness (QED) is 0.592. The van der Waals surface area contributed by atoms with Gasteiger partial charge in [-0.2, -0.15) is 0 Å². The molecule has 2 heteroatoms. The zero-order valence-corrected chi connectivity index (χ0v) is 9.70. The third-order valence-corrected chi connectivity index (χ3v) is 2.82. The highest BCUT2D eigenvalue weighted by Gasteiger charge is 2.14. The predicted molar refractivity (Wildman–Crippen MR) is 62.3 cm³/mol. The lowest BCUT2D eigenvalue weighted by Gasteiger charge is -2.15. The molecule has 14 heavy (non-hydrogen) atoms. The summed E-state index contributed by atoms with van der Waals surface area (Å²) in [5.74, 6) is 0.0919. The summed E-state index contributed by atoms with van der Waals surface area (Å²) in [5, 5.41) is 0. The number of benzene rings is 1. The van der Waals surface area contributed by atoms with Gasteiger partial charge in [0.05, 0.1) is 0 Å². The van der Waals surface area contributed by atoms with Gasteiger partial charge in [-0.25, -0.2) is 0 Å². The van der Waals surface area contributed by atoms with Crippen molar-refractivity contribution in [2.24, 2.45) is 5.92 Å². The van der Waals surface area contributed by atoms with Crippen LogP contribution in [-0.2, 0) is 4.79 Å². The van der Waals surface area contributed by atoms with E-state index in [9.17, 15) is 4.79 Å². The van der Waals surface area contributed by atoms with Crippen molar-refractivity contribution in [2.75, 3.05) is 0 Å². The molecule has 1 rings (SSSR count). The second-order valence-corrected chi connectivity index (χ2v) is 4.22. The van der Waals surface area contributed by atoms with E-state index >= 15 is 0 Å². The van der Waals surface area contributed by atoms with E-state index in [1.165, 1.54) is 0 Å². The van der Waals surface area contributed by atoms with E-state index < -0.39 is 0 Å². The van der Waals surface area contributed by atoms with Crippen molar-refractivity contribution in [3.8, 4) is 0 Å². The highest BCUT2D eigenvalue weighted by molar-refractivity contribution is 9.10. The molecule has 0 bridgehead atoms. The molecule has 0 heterocycles. The molecule has 2 atom stereocenters. The molecule has 0 aliphatic heterocycles. The Balaban J connectivity index is 2.94. The Morgan fingerprint density at radius 2 is 1.93 bits per heavy atom. The Bertz CT molecular complexity index is 316. The summed E-state index contributed by atoms with van der Waals surface area (Å²) in [4.78, 5) is 10.7. The molecule has 1 aromatic rings. The first-order chi connectivity index (χ1) is 6.69. The van der Waals surface area contributed by atoms with Crippen LogP contribution in [-0.4, -0.2) is 6.29 Å². The van der Waals surface area contributed by atoms with E-state index in [-0.39, 0.29) is 11.8 Å². The number of aldehydes is 1. The van der Waals surface area contributed by atoms with Crippen LogP contribution < -0.4 is 0 Å². The number of hydrogen-bond donors (Lipinski definition) is 0. The maximum atomic E-state index is 10.7. The molecule has 0 fully saturated rings. The number of halogens is 1. The van der Waals surface area contributed by atoms with Gasteiger partial charge >= 0.3 is 0 Å². The zero-order chi connectivity index (χ0) is 10.6. The normalized spacial score (nSPS) is 14.4. The summed E-state index contributed by atoms with van der Waals surface area (Å²) in [6.07, 6.45) is 2.79. The summed E-state index contributed by atoms with van der Waals surface area (Å²) in [7, 11) is 0. The summed E-state index contributed by atoms with van der Waals surface area (Å²) < 4.78 is 1.04. The predicted octanol–water partition coefficient (Wildman–Crippen LogP) is 3.55. The van der Waals surface area contributed by atoms with E-state index in [1.54, 1.807) is 0 Å². The first-order valence-corrected chi connectivity index (χ1v) is 5.31. The number of carbonyl (C=O) groups excluding carboxylic acids is 1. The molecule has 0 aromatic heterocycles. The second kappa shape index (κ2) is 5.11. The molecule has 1 nitrogen and oxygen atoms in total. The minimum absolute atomic E-state index is 0.0197. The molecular formula is C12H13BrO. The lowest BCUT2D eigenvalue weighted by molar-refractivity contribution is -0.110. The van der Waals surface area contributed by atoms with Crippen molar-refractivity contribution in [1.82, 2.24) is 0 Å². The fourth-order valence-electron chi connectivity index (χ4n) is 1.42. The van der Waals surface area contributed by atoms with Crippen molar-refractivity contribution in [3.63, 3.8) is 0 Å². The van der Waals surface area contributed by atoms with Crippen LogP contribution in [0.4, 0.5) is 0 Å². The van der Waals surface area contributed by atoms with Gasteiger partial charge in [-0.3, -0.25) is 0 Å². The SMILES string of the molecule is C=C[C@@H](c1ccc(Br)cc1)[C@@H](C)C=O. The highest BCUT2D eigenvalue weighted by atomic mass is 79.9. The molecule has 1 aromatic carbocycles. The van der Waals surface area contributed by atoms with E-state index in [0.29, 0.717) is 0 Å². The van der Waals surface area contributed by atoms with Crippen LogP contribution in [0.3, 0.4) is 0 Å². The van der Waals surface area contributed by atoms with Crippen LogP contribution in [0.2, 0.25) is 0 Å². The molecule has 0 saturated heterocycles. The molecule has 74 valence electrons. The number of rotatable bonds is 4. The van der Waals surface area contributed by atoms with E-state index in [0.717, 1.165) is 16.3 Å². The standard InChI is InChI=1S/C12H13BrO/c1-3-12(9(2)8-14)10-4-6-11(13)7-5-10/h3-9,12H,1H2,2H3/t9-,12+/m0/s1. The summed E-state index contributed by atoms with van der Waals surface area (Å²) in [6.45, 7) is 5.66. The molecule has 0 radical (unpaired) electrons. The summed E-state index contributed by atoms with van der Waals surface area (Å²) >= 11 is 3.38. The second-order valence-electron chi connectivity index (χ2n) is 3.31. The Morgan fingerprint density at radius 1 is 1.36 bits per heavy atom. The Hall–Kier alpha value is -0.890. The third-order valence-electron chi connectivity index (χ3n) is 2.29. The summed E-state index contributed by atoms with van der Waals surface area (Å²) in [6, 6.07) is 7.97. The minimum atomic E-state index is -0.0197. The Morgan fingerprint density at radius 3 is 2.36 bits per heavy atom. The van der Waals surface area contributed by atoms with Gasteiger partial charge in [0.2, 0.25) is 0 Å². The molecule has 0 amide bonds. The van der Waals surface area contributed by atoms with Crippen molar-refractivity contribution in [1.29, 1.82) is 0 Å². The fourth-order valence-corrected chi connectivity index (χ4v) is 1.69. The minimum Gasteiger partial charge on any atom is -0.303 e. The molecule has 0 N–H and O–H groups in total. The third kappa shape index (κ3) is 2.55. The van der Waals surface area contributed by atoms with Gasteiger partial charge in [0.15, 0.2) is 0 Å². The van der Waals surface area contributed by atoms with Crippen molar-refractivity contribution in [3.05, 3.63) is 47.0 Å². The monoisotopic (exact) mass is 252 g/mol. The average molecular weight is 253 g/mol. The highest BCUT2D eigenvalue weighted by Crippen LogP contribution is 2.25. The van der Waals surface area contributed by atoms with E-state index in [2.05, 4.69) is 22.5 Å². The Labute approximate surface area is 93.0 Å². The van der Waals surface area contributed by atoms with E-state index in [4.69, 9.17) is 0 Å². The first kappa shape index (κ1) is 11.2. The molecular weight excluding hydrogens is 240 g/mol. The van der Waals surface area contributed by atoms with Gasteiger partial charge in [-0.1, -0.05) is 41.1 Å². The van der Waals surface area contributed by atoms with Crippen LogP contribution in [0.1, 0.15) is 18.4 Å². The van der Waals surface area contributed by atoms with Gasteiger partial charge in [0.25, 0.3) is 0 Å². The lowest BCUT2D eigenvalue weighted by atomic mass is 9.88. The van der Waals surface area contributed by atoms with Crippen molar-refractivity contribution < 1.29 is 4.79 Å². The number of allylic oxidation sites excluding steroid dienone is 1.